The lowest BCUT2D eigenvalue weighted by Crippen LogP contribution is -2.04. The number of hydrogen-bond acceptors (Lipinski definition) is 4. The zero-order valence-corrected chi connectivity index (χ0v) is 8.71. The fourth-order valence-electron chi connectivity index (χ4n) is 1.44. The first-order valence-electron chi connectivity index (χ1n) is 4.86. The second kappa shape index (κ2) is 4.14. The molecule has 0 aromatic carbocycles. The minimum absolute atomic E-state index is 0.309. The van der Waals surface area contributed by atoms with Crippen molar-refractivity contribution in [2.45, 2.75) is 6.92 Å². The molecule has 0 saturated heterocycles. The molecule has 0 aliphatic rings. The van der Waals surface area contributed by atoms with Crippen molar-refractivity contribution in [2.24, 2.45) is 0 Å². The van der Waals surface area contributed by atoms with Gasteiger partial charge in [0.25, 0.3) is 0 Å². The molecule has 0 N–H and O–H groups in total. The summed E-state index contributed by atoms with van der Waals surface area (Å²) in [5.41, 5.74) is 1.44. The van der Waals surface area contributed by atoms with Crippen LogP contribution in [0.25, 0.3) is 5.52 Å². The van der Waals surface area contributed by atoms with Crippen molar-refractivity contribution in [2.75, 3.05) is 6.61 Å². The van der Waals surface area contributed by atoms with Crippen LogP contribution in [-0.4, -0.2) is 28.5 Å². The molecule has 0 fully saturated rings. The van der Waals surface area contributed by atoms with E-state index in [2.05, 4.69) is 5.10 Å². The molecule has 2 aromatic rings. The van der Waals surface area contributed by atoms with Gasteiger partial charge in [-0.1, -0.05) is 0 Å². The van der Waals surface area contributed by atoms with Gasteiger partial charge in [0.05, 0.1) is 18.3 Å². The smallest absolute Gasteiger partial charge is 0.341 e. The number of fused-ring (bicyclic) bond motifs is 1. The lowest BCUT2D eigenvalue weighted by Gasteiger charge is -1.99. The maximum absolute atomic E-state index is 11.6. The van der Waals surface area contributed by atoms with E-state index in [0.29, 0.717) is 23.3 Å². The van der Waals surface area contributed by atoms with Gasteiger partial charge in [-0.2, -0.15) is 5.10 Å². The molecule has 0 atom stereocenters. The Hall–Kier alpha value is -2.17. The molecule has 0 unspecified atom stereocenters. The minimum atomic E-state index is -0.430. The molecule has 5 heteroatoms. The highest BCUT2D eigenvalue weighted by Gasteiger charge is 2.13. The van der Waals surface area contributed by atoms with Crippen LogP contribution in [0.2, 0.25) is 0 Å². The van der Waals surface area contributed by atoms with Gasteiger partial charge in [-0.25, -0.2) is 9.31 Å². The van der Waals surface area contributed by atoms with E-state index in [1.165, 1.54) is 10.7 Å². The Morgan fingerprint density at radius 1 is 1.62 bits per heavy atom. The van der Waals surface area contributed by atoms with E-state index in [0.717, 1.165) is 6.29 Å². The molecule has 0 amide bonds. The number of nitrogens with zero attached hydrogens (tertiary/aromatic N) is 2. The van der Waals surface area contributed by atoms with E-state index in [-0.39, 0.29) is 0 Å². The Morgan fingerprint density at radius 3 is 3.12 bits per heavy atom. The molecule has 0 spiro atoms. The van der Waals surface area contributed by atoms with Crippen molar-refractivity contribution in [3.63, 3.8) is 0 Å². The minimum Gasteiger partial charge on any atom is -0.462 e. The Kier molecular flexibility index (Phi) is 2.68. The molecular weight excluding hydrogens is 208 g/mol. The Morgan fingerprint density at radius 2 is 2.44 bits per heavy atom. The third-order valence-electron chi connectivity index (χ3n) is 2.18. The van der Waals surface area contributed by atoms with Crippen LogP contribution >= 0.6 is 0 Å². The molecular formula is C11H10N2O3. The summed E-state index contributed by atoms with van der Waals surface area (Å²) in [6.07, 6.45) is 3.78. The summed E-state index contributed by atoms with van der Waals surface area (Å²) < 4.78 is 6.41. The van der Waals surface area contributed by atoms with Gasteiger partial charge in [-0.3, -0.25) is 4.79 Å². The van der Waals surface area contributed by atoms with Crippen LogP contribution in [0.1, 0.15) is 27.6 Å². The Balaban J connectivity index is 2.53. The summed E-state index contributed by atoms with van der Waals surface area (Å²) in [5, 5.41) is 4.00. The van der Waals surface area contributed by atoms with E-state index in [1.807, 2.05) is 0 Å². The highest BCUT2D eigenvalue weighted by molar-refractivity contribution is 5.97. The first-order chi connectivity index (χ1) is 7.76. The third kappa shape index (κ3) is 1.67. The molecule has 82 valence electrons. The number of carbonyl (C=O) groups is 2. The van der Waals surface area contributed by atoms with Crippen LogP contribution < -0.4 is 0 Å². The van der Waals surface area contributed by atoms with Gasteiger partial charge in [0.2, 0.25) is 0 Å². The van der Waals surface area contributed by atoms with E-state index in [4.69, 9.17) is 4.74 Å². The average molecular weight is 218 g/mol. The summed E-state index contributed by atoms with van der Waals surface area (Å²) in [6, 6.07) is 3.23. The van der Waals surface area contributed by atoms with Gasteiger partial charge in [-0.15, -0.1) is 0 Å². The normalized spacial score (nSPS) is 10.3. The lowest BCUT2D eigenvalue weighted by molar-refractivity contribution is 0.0528. The zero-order chi connectivity index (χ0) is 11.5. The maximum atomic E-state index is 11.6. The van der Waals surface area contributed by atoms with Crippen LogP contribution in [-0.2, 0) is 4.74 Å². The maximum Gasteiger partial charge on any atom is 0.341 e. The van der Waals surface area contributed by atoms with Crippen LogP contribution in [0.4, 0.5) is 0 Å². The van der Waals surface area contributed by atoms with Crippen molar-refractivity contribution < 1.29 is 14.3 Å². The molecule has 0 aliphatic heterocycles. The summed E-state index contributed by atoms with van der Waals surface area (Å²) in [6.45, 7) is 2.05. The van der Waals surface area contributed by atoms with Gasteiger partial charge < -0.3 is 4.74 Å². The van der Waals surface area contributed by atoms with Crippen molar-refractivity contribution >= 4 is 17.8 Å². The first-order valence-corrected chi connectivity index (χ1v) is 4.86. The Bertz CT molecular complexity index is 545. The molecule has 0 saturated carbocycles. The fraction of sp³-hybridized carbons (Fsp3) is 0.182. The highest BCUT2D eigenvalue weighted by Crippen LogP contribution is 2.13. The van der Waals surface area contributed by atoms with Crippen LogP contribution in [0, 0.1) is 0 Å². The zero-order valence-electron chi connectivity index (χ0n) is 8.71. The highest BCUT2D eigenvalue weighted by atomic mass is 16.5. The lowest BCUT2D eigenvalue weighted by atomic mass is 10.2. The fourth-order valence-corrected chi connectivity index (χ4v) is 1.44. The van der Waals surface area contributed by atoms with Crippen LogP contribution in [0.15, 0.2) is 24.5 Å². The largest absolute Gasteiger partial charge is 0.462 e. The van der Waals surface area contributed by atoms with Gasteiger partial charge in [0.1, 0.15) is 11.8 Å². The number of ether oxygens (including phenoxy) is 1. The first kappa shape index (κ1) is 10.4. The average Bonchev–Trinajstić information content (AvgIpc) is 2.71. The van der Waals surface area contributed by atoms with Crippen molar-refractivity contribution in [1.29, 1.82) is 0 Å². The van der Waals surface area contributed by atoms with Crippen molar-refractivity contribution in [3.8, 4) is 0 Å². The van der Waals surface area contributed by atoms with E-state index in [9.17, 15) is 9.59 Å². The second-order valence-corrected chi connectivity index (χ2v) is 3.19. The molecule has 0 bridgehead atoms. The quantitative estimate of drug-likeness (QED) is 0.576. The van der Waals surface area contributed by atoms with Gasteiger partial charge in [0.15, 0.2) is 0 Å². The second-order valence-electron chi connectivity index (χ2n) is 3.19. The topological polar surface area (TPSA) is 60.7 Å². The number of rotatable bonds is 3. The standard InChI is InChI=1S/C11H10N2O3/c1-2-16-11(15)9-6-12-13-4-3-8(7-14)5-10(9)13/h3-7H,2H2,1H3. The number of carbonyl (C=O) groups excluding carboxylic acids is 2. The third-order valence-corrected chi connectivity index (χ3v) is 2.18. The predicted molar refractivity (Wildman–Crippen MR) is 56.5 cm³/mol. The SMILES string of the molecule is CCOC(=O)c1cnn2ccc(C=O)cc12. The molecule has 5 nitrogen and oxygen atoms in total. The number of esters is 1. The molecule has 2 heterocycles. The summed E-state index contributed by atoms with van der Waals surface area (Å²) in [5.74, 6) is -0.430. The molecule has 2 rings (SSSR count). The number of hydrogen-bond donors (Lipinski definition) is 0. The molecule has 16 heavy (non-hydrogen) atoms. The monoisotopic (exact) mass is 218 g/mol. The molecule has 0 aliphatic carbocycles. The summed E-state index contributed by atoms with van der Waals surface area (Å²) >= 11 is 0. The number of aromatic nitrogens is 2. The van der Waals surface area contributed by atoms with Crippen molar-refractivity contribution in [1.82, 2.24) is 9.61 Å². The molecule has 0 radical (unpaired) electrons. The van der Waals surface area contributed by atoms with Crippen LogP contribution in [0.5, 0.6) is 0 Å². The van der Waals surface area contributed by atoms with Gasteiger partial charge >= 0.3 is 5.97 Å². The number of pyridine rings is 1. The van der Waals surface area contributed by atoms with Crippen LogP contribution in [0.3, 0.4) is 0 Å². The van der Waals surface area contributed by atoms with E-state index >= 15 is 0 Å². The van der Waals surface area contributed by atoms with Gasteiger partial charge in [-0.05, 0) is 19.1 Å². The van der Waals surface area contributed by atoms with E-state index < -0.39 is 5.97 Å². The Labute approximate surface area is 91.6 Å². The predicted octanol–water partition coefficient (Wildman–Crippen LogP) is 1.32. The molecule has 2 aromatic heterocycles. The number of aldehydes is 1. The van der Waals surface area contributed by atoms with Gasteiger partial charge in [0, 0.05) is 11.8 Å². The van der Waals surface area contributed by atoms with Crippen molar-refractivity contribution in [3.05, 3.63) is 35.7 Å². The summed E-state index contributed by atoms with van der Waals surface area (Å²) in [7, 11) is 0. The summed E-state index contributed by atoms with van der Waals surface area (Å²) in [4.78, 5) is 22.2. The van der Waals surface area contributed by atoms with E-state index in [1.54, 1.807) is 25.3 Å².